The van der Waals surface area contributed by atoms with Crippen molar-refractivity contribution < 1.29 is 14.3 Å². The second kappa shape index (κ2) is 6.52. The average Bonchev–Trinajstić information content (AvgIpc) is 2.34. The van der Waals surface area contributed by atoms with Gasteiger partial charge in [0.05, 0.1) is 12.7 Å². The summed E-state index contributed by atoms with van der Waals surface area (Å²) >= 11 is 0. The molecule has 1 aromatic carbocycles. The SMILES string of the molecule is CCC#CCOc1cccc(C=O)c1OC. The van der Waals surface area contributed by atoms with Crippen molar-refractivity contribution in [3.63, 3.8) is 0 Å². The molecule has 0 bridgehead atoms. The van der Waals surface area contributed by atoms with E-state index in [9.17, 15) is 4.79 Å². The van der Waals surface area contributed by atoms with Gasteiger partial charge in [0.25, 0.3) is 0 Å². The van der Waals surface area contributed by atoms with E-state index in [0.29, 0.717) is 23.7 Å². The monoisotopic (exact) mass is 218 g/mol. The van der Waals surface area contributed by atoms with E-state index in [0.717, 1.165) is 12.7 Å². The fourth-order valence-corrected chi connectivity index (χ4v) is 1.25. The van der Waals surface area contributed by atoms with Crippen LogP contribution in [0.25, 0.3) is 0 Å². The Morgan fingerprint density at radius 1 is 1.38 bits per heavy atom. The number of hydrogen-bond acceptors (Lipinski definition) is 3. The topological polar surface area (TPSA) is 35.5 Å². The van der Waals surface area contributed by atoms with Gasteiger partial charge in [-0.25, -0.2) is 0 Å². The van der Waals surface area contributed by atoms with Crippen LogP contribution < -0.4 is 9.47 Å². The number of hydrogen-bond donors (Lipinski definition) is 0. The Morgan fingerprint density at radius 3 is 2.81 bits per heavy atom. The van der Waals surface area contributed by atoms with E-state index in [4.69, 9.17) is 9.47 Å². The number of methoxy groups -OCH3 is 1. The van der Waals surface area contributed by atoms with Crippen LogP contribution in [0.1, 0.15) is 23.7 Å². The van der Waals surface area contributed by atoms with Crippen LogP contribution in [0.3, 0.4) is 0 Å². The van der Waals surface area contributed by atoms with E-state index >= 15 is 0 Å². The molecule has 0 spiro atoms. The Kier molecular flexibility index (Phi) is 4.94. The third kappa shape index (κ3) is 3.03. The standard InChI is InChI=1S/C13H14O3/c1-3-4-5-9-16-12-8-6-7-11(10-14)13(12)15-2/h6-8,10H,3,9H2,1-2H3. The van der Waals surface area contributed by atoms with E-state index in [2.05, 4.69) is 11.8 Å². The van der Waals surface area contributed by atoms with Crippen molar-refractivity contribution >= 4 is 6.29 Å². The van der Waals surface area contributed by atoms with Crippen molar-refractivity contribution in [1.29, 1.82) is 0 Å². The molecule has 0 N–H and O–H groups in total. The molecule has 3 nitrogen and oxygen atoms in total. The molecule has 0 aliphatic rings. The second-order valence-electron chi connectivity index (χ2n) is 2.99. The minimum Gasteiger partial charge on any atom is -0.492 e. The molecule has 1 aromatic rings. The maximum absolute atomic E-state index is 10.8. The second-order valence-corrected chi connectivity index (χ2v) is 2.99. The number of carbonyl (C=O) groups excluding carboxylic acids is 1. The molecule has 0 heterocycles. The van der Waals surface area contributed by atoms with Crippen LogP contribution in [0.5, 0.6) is 11.5 Å². The maximum atomic E-state index is 10.8. The molecular formula is C13H14O3. The highest BCUT2D eigenvalue weighted by molar-refractivity contribution is 5.81. The molecule has 16 heavy (non-hydrogen) atoms. The minimum absolute atomic E-state index is 0.298. The van der Waals surface area contributed by atoms with Crippen molar-refractivity contribution in [3.8, 4) is 23.3 Å². The van der Waals surface area contributed by atoms with Gasteiger partial charge in [-0.3, -0.25) is 4.79 Å². The average molecular weight is 218 g/mol. The summed E-state index contributed by atoms with van der Waals surface area (Å²) < 4.78 is 10.5. The first-order valence-corrected chi connectivity index (χ1v) is 5.04. The Hall–Kier alpha value is -1.95. The quantitative estimate of drug-likeness (QED) is 0.574. The van der Waals surface area contributed by atoms with Crippen LogP contribution in [0.15, 0.2) is 18.2 Å². The van der Waals surface area contributed by atoms with Crippen LogP contribution >= 0.6 is 0 Å². The molecule has 84 valence electrons. The van der Waals surface area contributed by atoms with Crippen molar-refractivity contribution in [2.75, 3.05) is 13.7 Å². The summed E-state index contributed by atoms with van der Waals surface area (Å²) in [6, 6.07) is 5.17. The van der Waals surface area contributed by atoms with Crippen LogP contribution in [0.2, 0.25) is 0 Å². The Labute approximate surface area is 95.4 Å². The molecule has 0 saturated carbocycles. The van der Waals surface area contributed by atoms with Crippen molar-refractivity contribution in [2.45, 2.75) is 13.3 Å². The van der Waals surface area contributed by atoms with Gasteiger partial charge < -0.3 is 9.47 Å². The van der Waals surface area contributed by atoms with Crippen LogP contribution in [-0.4, -0.2) is 20.0 Å². The summed E-state index contributed by atoms with van der Waals surface area (Å²) in [5, 5.41) is 0. The molecule has 0 amide bonds. The van der Waals surface area contributed by atoms with Crippen LogP contribution in [0.4, 0.5) is 0 Å². The minimum atomic E-state index is 0.298. The van der Waals surface area contributed by atoms with Gasteiger partial charge in [-0.1, -0.05) is 18.9 Å². The largest absolute Gasteiger partial charge is 0.492 e. The van der Waals surface area contributed by atoms with Crippen LogP contribution in [-0.2, 0) is 0 Å². The third-order valence-corrected chi connectivity index (χ3v) is 1.94. The zero-order valence-electron chi connectivity index (χ0n) is 9.45. The summed E-state index contributed by atoms with van der Waals surface area (Å²) in [6.45, 7) is 2.27. The summed E-state index contributed by atoms with van der Waals surface area (Å²) in [5.41, 5.74) is 0.475. The molecule has 0 saturated heterocycles. The number of para-hydroxylation sites is 1. The molecule has 0 atom stereocenters. The summed E-state index contributed by atoms with van der Waals surface area (Å²) in [6.07, 6.45) is 1.54. The van der Waals surface area contributed by atoms with Gasteiger partial charge in [-0.2, -0.15) is 0 Å². The van der Waals surface area contributed by atoms with Gasteiger partial charge in [0, 0.05) is 6.42 Å². The lowest BCUT2D eigenvalue weighted by Crippen LogP contribution is -1.99. The zero-order valence-corrected chi connectivity index (χ0v) is 9.45. The first kappa shape index (κ1) is 12.1. The van der Waals surface area contributed by atoms with Crippen molar-refractivity contribution in [3.05, 3.63) is 23.8 Å². The summed E-state index contributed by atoms with van der Waals surface area (Å²) in [5.74, 6) is 6.75. The van der Waals surface area contributed by atoms with Gasteiger partial charge in [0.15, 0.2) is 17.8 Å². The molecule has 0 aliphatic heterocycles. The predicted molar refractivity (Wildman–Crippen MR) is 61.9 cm³/mol. The number of aldehydes is 1. The smallest absolute Gasteiger partial charge is 0.171 e. The third-order valence-electron chi connectivity index (χ3n) is 1.94. The highest BCUT2D eigenvalue weighted by Gasteiger charge is 2.08. The van der Waals surface area contributed by atoms with E-state index in [-0.39, 0.29) is 0 Å². The molecule has 0 aliphatic carbocycles. The summed E-state index contributed by atoms with van der Waals surface area (Å²) in [7, 11) is 1.51. The first-order chi connectivity index (χ1) is 7.83. The Morgan fingerprint density at radius 2 is 2.19 bits per heavy atom. The fraction of sp³-hybridized carbons (Fsp3) is 0.308. The van der Waals surface area contributed by atoms with Crippen LogP contribution in [0, 0.1) is 11.8 Å². The predicted octanol–water partition coefficient (Wildman–Crippen LogP) is 2.30. The summed E-state index contributed by atoms with van der Waals surface area (Å²) in [4.78, 5) is 10.8. The molecule has 0 fully saturated rings. The number of carbonyl (C=O) groups is 1. The maximum Gasteiger partial charge on any atom is 0.171 e. The normalized spacial score (nSPS) is 8.88. The molecule has 3 heteroatoms. The van der Waals surface area contributed by atoms with Gasteiger partial charge in [-0.15, -0.1) is 5.92 Å². The van der Waals surface area contributed by atoms with E-state index < -0.39 is 0 Å². The molecule has 1 rings (SSSR count). The number of rotatable bonds is 4. The lowest BCUT2D eigenvalue weighted by atomic mass is 10.2. The van der Waals surface area contributed by atoms with Gasteiger partial charge in [0.2, 0.25) is 0 Å². The van der Waals surface area contributed by atoms with Gasteiger partial charge in [0.1, 0.15) is 6.61 Å². The van der Waals surface area contributed by atoms with Crippen molar-refractivity contribution in [1.82, 2.24) is 0 Å². The van der Waals surface area contributed by atoms with Gasteiger partial charge >= 0.3 is 0 Å². The Balaban J connectivity index is 2.82. The highest BCUT2D eigenvalue weighted by Crippen LogP contribution is 2.29. The van der Waals surface area contributed by atoms with E-state index in [1.54, 1.807) is 18.2 Å². The number of benzene rings is 1. The van der Waals surface area contributed by atoms with Crippen molar-refractivity contribution in [2.24, 2.45) is 0 Å². The molecule has 0 unspecified atom stereocenters. The number of ether oxygens (including phenoxy) is 2. The molecule has 0 aromatic heterocycles. The fourth-order valence-electron chi connectivity index (χ4n) is 1.25. The van der Waals surface area contributed by atoms with Gasteiger partial charge in [-0.05, 0) is 12.1 Å². The lowest BCUT2D eigenvalue weighted by molar-refractivity contribution is 0.112. The van der Waals surface area contributed by atoms with E-state index in [1.807, 2.05) is 6.92 Å². The lowest BCUT2D eigenvalue weighted by Gasteiger charge is -2.09. The first-order valence-electron chi connectivity index (χ1n) is 5.04. The zero-order chi connectivity index (χ0) is 11.8. The highest BCUT2D eigenvalue weighted by atomic mass is 16.5. The molecule has 0 radical (unpaired) electrons. The Bertz CT molecular complexity index is 413. The van der Waals surface area contributed by atoms with E-state index in [1.165, 1.54) is 7.11 Å². The molecular weight excluding hydrogens is 204 g/mol.